The molecule has 14 nitrogen and oxygen atoms in total. The van der Waals surface area contributed by atoms with Gasteiger partial charge < -0.3 is 65.1 Å². The molecule has 0 bridgehead atoms. The van der Waals surface area contributed by atoms with Crippen molar-refractivity contribution in [2.75, 3.05) is 19.8 Å². The van der Waals surface area contributed by atoms with Crippen molar-refractivity contribution in [2.24, 2.45) is 0 Å². The van der Waals surface area contributed by atoms with Crippen molar-refractivity contribution in [2.45, 2.75) is 235 Å². The van der Waals surface area contributed by atoms with Crippen LogP contribution in [-0.4, -0.2) is 140 Å². The summed E-state index contributed by atoms with van der Waals surface area (Å²) < 4.78 is 22.3. The highest BCUT2D eigenvalue weighted by molar-refractivity contribution is 5.75. The smallest absolute Gasteiger partial charge is 0.220 e. The maximum atomic E-state index is 12.3. The predicted molar refractivity (Wildman–Crippen MR) is 226 cm³/mol. The van der Waals surface area contributed by atoms with Crippen molar-refractivity contribution in [3.63, 3.8) is 0 Å². The number of hydrogen-bond donors (Lipinski definition) is 9. The third-order valence-electron chi connectivity index (χ3n) is 11.5. The van der Waals surface area contributed by atoms with E-state index in [1.165, 1.54) is 122 Å². The lowest BCUT2D eigenvalue weighted by Gasteiger charge is -2.46. The third kappa shape index (κ3) is 21.4. The van der Waals surface area contributed by atoms with Crippen LogP contribution in [0.1, 0.15) is 162 Å². The van der Waals surface area contributed by atoms with Crippen LogP contribution >= 0.6 is 0 Å². The monoisotopic (exact) mass is 846 g/mol. The molecule has 9 N–H and O–H groups in total. The number of carbonyl (C=O) groups excluding carboxylic acids is 1. The zero-order chi connectivity index (χ0) is 43.3. The van der Waals surface area contributed by atoms with Crippen molar-refractivity contribution in [3.8, 4) is 0 Å². The van der Waals surface area contributed by atoms with Gasteiger partial charge in [0.25, 0.3) is 0 Å². The van der Waals surface area contributed by atoms with Gasteiger partial charge in [-0.2, -0.15) is 0 Å². The van der Waals surface area contributed by atoms with Gasteiger partial charge in [-0.15, -0.1) is 0 Å². The molecule has 2 saturated heterocycles. The van der Waals surface area contributed by atoms with E-state index in [-0.39, 0.29) is 18.9 Å². The SMILES string of the molecule is CCCCCCCCCCCCCCCCCCCCC/C=C/CC/C=C/C(O)C(COC1OC(CO)C(OC2OC(CO)C(O)C(O)C2O)C(O)C1O)NC(=O)CC. The summed E-state index contributed by atoms with van der Waals surface area (Å²) in [7, 11) is 0. The van der Waals surface area contributed by atoms with Gasteiger partial charge in [0.1, 0.15) is 48.8 Å². The second-order valence-electron chi connectivity index (χ2n) is 16.5. The first-order valence-corrected chi connectivity index (χ1v) is 23.1. The predicted octanol–water partition coefficient (Wildman–Crippen LogP) is 4.60. The van der Waals surface area contributed by atoms with E-state index in [1.54, 1.807) is 13.0 Å². The number of hydrogen-bond acceptors (Lipinski definition) is 13. The van der Waals surface area contributed by atoms with Crippen molar-refractivity contribution < 1.29 is 64.6 Å². The first-order valence-electron chi connectivity index (χ1n) is 23.1. The standard InChI is InChI=1S/C45H83NO13/c1-3-5-6-7-8-9-10-11-12-13-14-15-16-17-18-19-20-21-22-23-24-25-26-27-28-29-34(49)33(46-37(50)4-2)32-56-44-42(55)40(53)43(36(31-48)58-44)59-45-41(54)39(52)38(51)35(30-47)57-45/h24-25,28-29,33-36,38-45,47-49,51-55H,3-23,26-27,30-32H2,1-2H3,(H,46,50)/b25-24+,29-28+. The molecule has 12 unspecified atom stereocenters. The van der Waals surface area contributed by atoms with Gasteiger partial charge in [-0.1, -0.05) is 154 Å². The number of allylic oxidation sites excluding steroid dienone is 3. The van der Waals surface area contributed by atoms with E-state index in [0.29, 0.717) is 6.42 Å². The van der Waals surface area contributed by atoms with E-state index in [4.69, 9.17) is 18.9 Å². The molecule has 0 aromatic carbocycles. The van der Waals surface area contributed by atoms with Crippen LogP contribution in [0.3, 0.4) is 0 Å². The van der Waals surface area contributed by atoms with Gasteiger partial charge in [0.05, 0.1) is 32.0 Å². The van der Waals surface area contributed by atoms with Crippen LogP contribution in [0.2, 0.25) is 0 Å². The molecule has 346 valence electrons. The number of carbonyl (C=O) groups is 1. The molecular weight excluding hydrogens is 762 g/mol. The Labute approximate surface area is 354 Å². The fourth-order valence-electron chi connectivity index (χ4n) is 7.56. The number of amides is 1. The normalized spacial score (nSPS) is 28.7. The number of ether oxygens (including phenoxy) is 4. The molecule has 1 amide bonds. The molecule has 0 radical (unpaired) electrons. The highest BCUT2D eigenvalue weighted by Gasteiger charge is 2.50. The first kappa shape index (κ1) is 53.6. The van der Waals surface area contributed by atoms with Crippen molar-refractivity contribution >= 4 is 5.91 Å². The van der Waals surface area contributed by atoms with Gasteiger partial charge in [-0.05, 0) is 25.7 Å². The Morgan fingerprint density at radius 3 is 1.59 bits per heavy atom. The van der Waals surface area contributed by atoms with Crippen LogP contribution in [0.25, 0.3) is 0 Å². The fraction of sp³-hybridized carbons (Fsp3) is 0.889. The van der Waals surface area contributed by atoms with E-state index in [1.807, 2.05) is 6.08 Å². The first-order chi connectivity index (χ1) is 28.6. The molecule has 2 aliphatic rings. The summed E-state index contributed by atoms with van der Waals surface area (Å²) in [4.78, 5) is 12.3. The molecule has 2 aliphatic heterocycles. The van der Waals surface area contributed by atoms with Crippen molar-refractivity contribution in [1.82, 2.24) is 5.32 Å². The molecular formula is C45H83NO13. The van der Waals surface area contributed by atoms with Crippen LogP contribution in [-0.2, 0) is 23.7 Å². The van der Waals surface area contributed by atoms with Gasteiger partial charge in [0, 0.05) is 6.42 Å². The quantitative estimate of drug-likeness (QED) is 0.0319. The molecule has 59 heavy (non-hydrogen) atoms. The lowest BCUT2D eigenvalue weighted by molar-refractivity contribution is -0.359. The minimum atomic E-state index is -1.79. The van der Waals surface area contributed by atoms with E-state index in [9.17, 15) is 45.6 Å². The number of unbranched alkanes of at least 4 members (excludes halogenated alkanes) is 20. The molecule has 12 atom stereocenters. The molecule has 0 aliphatic carbocycles. The molecule has 0 saturated carbocycles. The van der Waals surface area contributed by atoms with Crippen molar-refractivity contribution in [1.29, 1.82) is 0 Å². The summed E-state index contributed by atoms with van der Waals surface area (Å²) in [5, 5.41) is 85.3. The molecule has 2 rings (SSSR count). The summed E-state index contributed by atoms with van der Waals surface area (Å²) in [5.74, 6) is -0.338. The van der Waals surface area contributed by atoms with E-state index < -0.39 is 86.8 Å². The van der Waals surface area contributed by atoms with Crippen molar-refractivity contribution in [3.05, 3.63) is 24.3 Å². The van der Waals surface area contributed by atoms with Crippen LogP contribution in [0.5, 0.6) is 0 Å². The highest BCUT2D eigenvalue weighted by atomic mass is 16.7. The minimum Gasteiger partial charge on any atom is -0.394 e. The average molecular weight is 846 g/mol. The largest absolute Gasteiger partial charge is 0.394 e. The van der Waals surface area contributed by atoms with Crippen LogP contribution in [0.15, 0.2) is 24.3 Å². The zero-order valence-corrected chi connectivity index (χ0v) is 36.2. The van der Waals surface area contributed by atoms with E-state index in [0.717, 1.165) is 12.8 Å². The lowest BCUT2D eigenvalue weighted by Crippen LogP contribution is -2.65. The summed E-state index contributed by atoms with van der Waals surface area (Å²) in [5.41, 5.74) is 0. The molecule has 2 fully saturated rings. The van der Waals surface area contributed by atoms with Crippen LogP contribution < -0.4 is 5.32 Å². The summed E-state index contributed by atoms with van der Waals surface area (Å²) in [6, 6.07) is -0.924. The Hall–Kier alpha value is -1.53. The molecule has 0 spiro atoms. The van der Waals surface area contributed by atoms with Gasteiger partial charge in [-0.3, -0.25) is 4.79 Å². The number of rotatable bonds is 34. The zero-order valence-electron chi connectivity index (χ0n) is 36.2. The number of aliphatic hydroxyl groups excluding tert-OH is 8. The Morgan fingerprint density at radius 2 is 1.07 bits per heavy atom. The highest BCUT2D eigenvalue weighted by Crippen LogP contribution is 2.30. The second kappa shape index (κ2) is 33.1. The topological polar surface area (TPSA) is 228 Å². The fourth-order valence-corrected chi connectivity index (χ4v) is 7.56. The van der Waals surface area contributed by atoms with Gasteiger partial charge in [0.2, 0.25) is 5.91 Å². The number of aliphatic hydroxyl groups is 8. The maximum Gasteiger partial charge on any atom is 0.220 e. The second-order valence-corrected chi connectivity index (χ2v) is 16.5. The van der Waals surface area contributed by atoms with Gasteiger partial charge in [0.15, 0.2) is 12.6 Å². The molecule has 2 heterocycles. The summed E-state index contributed by atoms with van der Waals surface area (Å²) in [6.45, 7) is 2.19. The maximum absolute atomic E-state index is 12.3. The van der Waals surface area contributed by atoms with E-state index in [2.05, 4.69) is 24.4 Å². The average Bonchev–Trinajstić information content (AvgIpc) is 3.24. The Bertz CT molecular complexity index is 1090. The van der Waals surface area contributed by atoms with Crippen LogP contribution in [0.4, 0.5) is 0 Å². The third-order valence-corrected chi connectivity index (χ3v) is 11.5. The Morgan fingerprint density at radius 1 is 0.593 bits per heavy atom. The summed E-state index contributed by atoms with van der Waals surface area (Å²) in [6.07, 6.45) is 19.4. The molecule has 0 aromatic rings. The van der Waals surface area contributed by atoms with E-state index >= 15 is 0 Å². The Kier molecular flexibility index (Phi) is 30.1. The Balaban J connectivity index is 1.61. The van der Waals surface area contributed by atoms with Crippen LogP contribution in [0, 0.1) is 0 Å². The van der Waals surface area contributed by atoms with Gasteiger partial charge in [-0.25, -0.2) is 0 Å². The summed E-state index contributed by atoms with van der Waals surface area (Å²) >= 11 is 0. The van der Waals surface area contributed by atoms with Gasteiger partial charge >= 0.3 is 0 Å². The number of nitrogens with one attached hydrogen (secondary N) is 1. The lowest BCUT2D eigenvalue weighted by atomic mass is 9.97. The minimum absolute atomic E-state index is 0.155. The molecule has 14 heteroatoms. The molecule has 0 aromatic heterocycles.